The highest BCUT2D eigenvalue weighted by Gasteiger charge is 2.49. The molecule has 4 heterocycles. The zero-order chi connectivity index (χ0) is 41.9. The van der Waals surface area contributed by atoms with Crippen molar-refractivity contribution in [3.63, 3.8) is 0 Å². The Bertz CT molecular complexity index is 3760. The van der Waals surface area contributed by atoms with Gasteiger partial charge in [-0.05, 0) is 71.8 Å². The summed E-state index contributed by atoms with van der Waals surface area (Å²) >= 11 is 0. The predicted octanol–water partition coefficient (Wildman–Crippen LogP) is 15.1. The quantitative estimate of drug-likeness (QED) is 0.172. The maximum absolute atomic E-state index is 2.66. The van der Waals surface area contributed by atoms with Crippen LogP contribution in [0.25, 0.3) is 77.3 Å². The molecule has 4 nitrogen and oxygen atoms in total. The van der Waals surface area contributed by atoms with E-state index in [9.17, 15) is 0 Å². The summed E-state index contributed by atoms with van der Waals surface area (Å²) in [5, 5.41) is 4.95. The lowest BCUT2D eigenvalue weighted by Gasteiger charge is -2.40. The highest BCUT2D eigenvalue weighted by Crippen LogP contribution is 2.57. The molecule has 0 saturated heterocycles. The summed E-state index contributed by atoms with van der Waals surface area (Å²) in [5.74, 6) is 0. The van der Waals surface area contributed by atoms with Gasteiger partial charge in [-0.1, -0.05) is 170 Å². The average Bonchev–Trinajstić information content (AvgIpc) is 4.10. The molecule has 9 aromatic carbocycles. The van der Waals surface area contributed by atoms with Crippen molar-refractivity contribution in [3.05, 3.63) is 242 Å². The van der Waals surface area contributed by atoms with Crippen LogP contribution in [0.2, 0.25) is 0 Å². The molecule has 0 N–H and O–H groups in total. The number of anilines is 4. The largest absolute Gasteiger partial charge is 0.331 e. The molecule has 0 radical (unpaired) electrons. The first-order valence-corrected chi connectivity index (χ1v) is 22.3. The lowest BCUT2D eigenvalue weighted by atomic mass is 9.85. The molecule has 300 valence electrons. The first-order chi connectivity index (χ1) is 31.8. The second-order valence-corrected chi connectivity index (χ2v) is 17.2. The third kappa shape index (κ3) is 4.82. The van der Waals surface area contributed by atoms with Gasteiger partial charge >= 0.3 is 0 Å². The van der Waals surface area contributed by atoms with E-state index in [1.54, 1.807) is 0 Å². The van der Waals surface area contributed by atoms with Crippen molar-refractivity contribution in [1.29, 1.82) is 0 Å². The SMILES string of the molecule is C1=C2c3ccccc3N(c3ccccc3)C2C2C(=C1)c1ccccc1N2c1ccccc1-c1ccccc1-n1c2ccccc2c2ccc3c4ccccc4n(-c4ccccc4)c3c21. The molecule has 2 unspecified atom stereocenters. The molecular formula is C60H40N4. The molecule has 2 atom stereocenters. The molecule has 4 heteroatoms. The Morgan fingerprint density at radius 2 is 0.656 bits per heavy atom. The molecule has 14 rings (SSSR count). The van der Waals surface area contributed by atoms with E-state index in [2.05, 4.69) is 249 Å². The third-order valence-corrected chi connectivity index (χ3v) is 14.0. The fraction of sp³-hybridized carbons (Fsp3) is 0.0333. The number of nitrogens with zero attached hydrogens (tertiary/aromatic N) is 4. The van der Waals surface area contributed by atoms with Crippen LogP contribution in [0.15, 0.2) is 231 Å². The molecule has 0 saturated carbocycles. The number of benzene rings is 9. The Hall–Kier alpha value is -8.34. The third-order valence-electron chi connectivity index (χ3n) is 14.0. The number of aromatic nitrogens is 2. The first kappa shape index (κ1) is 35.3. The van der Waals surface area contributed by atoms with Gasteiger partial charge in [-0.3, -0.25) is 0 Å². The maximum Gasteiger partial charge on any atom is 0.0848 e. The number of para-hydroxylation sites is 8. The Morgan fingerprint density at radius 3 is 1.25 bits per heavy atom. The molecule has 1 aliphatic carbocycles. The van der Waals surface area contributed by atoms with Gasteiger partial charge in [0.1, 0.15) is 0 Å². The van der Waals surface area contributed by atoms with Crippen LogP contribution in [0.1, 0.15) is 11.1 Å². The topological polar surface area (TPSA) is 16.3 Å². The van der Waals surface area contributed by atoms with Crippen LogP contribution < -0.4 is 9.80 Å². The maximum atomic E-state index is 2.66. The van der Waals surface area contributed by atoms with Crippen LogP contribution in [-0.2, 0) is 0 Å². The number of allylic oxidation sites excluding steroid dienone is 2. The van der Waals surface area contributed by atoms with Crippen LogP contribution >= 0.6 is 0 Å². The Morgan fingerprint density at radius 1 is 0.266 bits per heavy atom. The van der Waals surface area contributed by atoms with Crippen molar-refractivity contribution in [2.45, 2.75) is 12.1 Å². The molecule has 2 aliphatic heterocycles. The Labute approximate surface area is 371 Å². The van der Waals surface area contributed by atoms with Gasteiger partial charge in [-0.25, -0.2) is 0 Å². The van der Waals surface area contributed by atoms with E-state index in [-0.39, 0.29) is 12.1 Å². The van der Waals surface area contributed by atoms with E-state index in [1.165, 1.54) is 99.8 Å². The zero-order valence-electron chi connectivity index (χ0n) is 34.9. The van der Waals surface area contributed by atoms with Gasteiger partial charge in [0.2, 0.25) is 0 Å². The lowest BCUT2D eigenvalue weighted by Crippen LogP contribution is -2.46. The van der Waals surface area contributed by atoms with Gasteiger partial charge in [-0.2, -0.15) is 0 Å². The first-order valence-electron chi connectivity index (χ1n) is 22.3. The summed E-state index contributed by atoms with van der Waals surface area (Å²) in [7, 11) is 0. The van der Waals surface area contributed by atoms with Crippen molar-refractivity contribution in [3.8, 4) is 22.5 Å². The Kier molecular flexibility index (Phi) is 7.48. The predicted molar refractivity (Wildman–Crippen MR) is 268 cm³/mol. The minimum atomic E-state index is 0.00719. The fourth-order valence-electron chi connectivity index (χ4n) is 11.5. The van der Waals surface area contributed by atoms with Crippen molar-refractivity contribution in [2.75, 3.05) is 9.80 Å². The van der Waals surface area contributed by atoms with Gasteiger partial charge in [0.25, 0.3) is 0 Å². The van der Waals surface area contributed by atoms with Gasteiger partial charge in [0, 0.05) is 72.2 Å². The summed E-state index contributed by atoms with van der Waals surface area (Å²) in [4.78, 5) is 5.24. The second kappa shape index (κ2) is 13.6. The number of hydrogen-bond donors (Lipinski definition) is 0. The standard InChI is InChI=1S/C60H40N4/c1-3-19-39(20-4-1)61-51-29-13-9-25-43(51)47-35-37-49-45-27-11-17-33-55(45)63(59(49)57(47)61)53-31-15-7-23-41(53)42-24-8-16-32-54(42)64-56-34-18-12-28-46(56)50-38-36-48-44-26-10-14-30-52(44)62(58(48)60(50)64)40-21-5-2-6-22-40/h1-38,57,59H. The van der Waals surface area contributed by atoms with Crippen molar-refractivity contribution in [1.82, 2.24) is 9.13 Å². The van der Waals surface area contributed by atoms with Gasteiger partial charge < -0.3 is 18.9 Å². The smallest absolute Gasteiger partial charge is 0.0848 e. The monoisotopic (exact) mass is 816 g/mol. The second-order valence-electron chi connectivity index (χ2n) is 17.2. The van der Waals surface area contributed by atoms with E-state index in [0.29, 0.717) is 0 Å². The number of fused-ring (bicyclic) bond motifs is 14. The normalized spacial score (nSPS) is 16.2. The molecule has 0 bridgehead atoms. The minimum Gasteiger partial charge on any atom is -0.331 e. The molecule has 64 heavy (non-hydrogen) atoms. The van der Waals surface area contributed by atoms with E-state index in [1.807, 2.05) is 0 Å². The zero-order valence-corrected chi connectivity index (χ0v) is 34.9. The molecule has 11 aromatic rings. The number of hydrogen-bond acceptors (Lipinski definition) is 2. The van der Waals surface area contributed by atoms with Crippen LogP contribution in [0.4, 0.5) is 22.7 Å². The summed E-state index contributed by atoms with van der Waals surface area (Å²) in [5.41, 5.74) is 19.6. The highest BCUT2D eigenvalue weighted by molar-refractivity contribution is 6.24. The molecule has 0 spiro atoms. The lowest BCUT2D eigenvalue weighted by molar-refractivity contribution is 0.718. The van der Waals surface area contributed by atoms with E-state index in [4.69, 9.17) is 0 Å². The summed E-state index contributed by atoms with van der Waals surface area (Å²) in [6.45, 7) is 0. The molecule has 0 amide bonds. The van der Waals surface area contributed by atoms with E-state index < -0.39 is 0 Å². The van der Waals surface area contributed by atoms with Gasteiger partial charge in [-0.15, -0.1) is 0 Å². The van der Waals surface area contributed by atoms with E-state index >= 15 is 0 Å². The highest BCUT2D eigenvalue weighted by atomic mass is 15.3. The molecule has 0 fully saturated rings. The van der Waals surface area contributed by atoms with Crippen LogP contribution in [0.3, 0.4) is 0 Å². The summed E-state index contributed by atoms with van der Waals surface area (Å²) in [6, 6.07) is 80.4. The van der Waals surface area contributed by atoms with E-state index in [0.717, 1.165) is 11.4 Å². The van der Waals surface area contributed by atoms with Crippen molar-refractivity contribution < 1.29 is 0 Å². The minimum absolute atomic E-state index is 0.00719. The number of rotatable bonds is 5. The van der Waals surface area contributed by atoms with Gasteiger partial charge in [0.05, 0.1) is 39.8 Å². The van der Waals surface area contributed by atoms with Crippen molar-refractivity contribution in [2.24, 2.45) is 0 Å². The van der Waals surface area contributed by atoms with Crippen LogP contribution in [0.5, 0.6) is 0 Å². The average molecular weight is 817 g/mol. The molecule has 2 aromatic heterocycles. The van der Waals surface area contributed by atoms with Crippen molar-refractivity contribution >= 4 is 77.5 Å². The summed E-state index contributed by atoms with van der Waals surface area (Å²) < 4.78 is 5.02. The van der Waals surface area contributed by atoms with Crippen LogP contribution in [-0.4, -0.2) is 21.2 Å². The molecule has 3 aliphatic rings. The van der Waals surface area contributed by atoms with Gasteiger partial charge in [0.15, 0.2) is 0 Å². The molecular weight excluding hydrogens is 777 g/mol. The van der Waals surface area contributed by atoms with Crippen LogP contribution in [0, 0.1) is 0 Å². The Balaban J connectivity index is 1.03. The fourth-order valence-corrected chi connectivity index (χ4v) is 11.5. The summed E-state index contributed by atoms with van der Waals surface area (Å²) in [6.07, 6.45) is 4.78.